The van der Waals surface area contributed by atoms with E-state index in [9.17, 15) is 19.5 Å². The maximum atomic E-state index is 12.7. The summed E-state index contributed by atoms with van der Waals surface area (Å²) in [6.07, 6.45) is 4.74. The summed E-state index contributed by atoms with van der Waals surface area (Å²) in [5.74, 6) is -0.203. The van der Waals surface area contributed by atoms with Crippen molar-refractivity contribution in [1.29, 1.82) is 0 Å². The van der Waals surface area contributed by atoms with Crippen LogP contribution in [-0.2, 0) is 11.2 Å². The number of anilines is 1. The predicted molar refractivity (Wildman–Crippen MR) is 144 cm³/mol. The number of aliphatic hydroxyl groups excluding tert-OH is 1. The Balaban J connectivity index is 1.30. The quantitative estimate of drug-likeness (QED) is 0.378. The number of rotatable bonds is 7. The lowest BCUT2D eigenvalue weighted by atomic mass is 10.0. The third-order valence-corrected chi connectivity index (χ3v) is 7.18. The van der Waals surface area contributed by atoms with Gasteiger partial charge in [-0.05, 0) is 56.5 Å². The molecule has 2 aliphatic rings. The molecule has 4 rings (SSSR count). The summed E-state index contributed by atoms with van der Waals surface area (Å²) in [4.78, 5) is 47.3. The molecule has 2 fully saturated rings. The number of benzene rings is 1. The van der Waals surface area contributed by atoms with Gasteiger partial charge < -0.3 is 31.3 Å². The van der Waals surface area contributed by atoms with E-state index >= 15 is 0 Å². The number of urea groups is 1. The highest BCUT2D eigenvalue weighted by Gasteiger charge is 2.34. The molecule has 12 heteroatoms. The number of likely N-dealkylation sites (tertiary alicyclic amines) is 1. The van der Waals surface area contributed by atoms with Gasteiger partial charge in [0.05, 0.1) is 12.3 Å². The van der Waals surface area contributed by atoms with Gasteiger partial charge in [-0.2, -0.15) is 4.98 Å². The van der Waals surface area contributed by atoms with Crippen LogP contribution in [0.2, 0.25) is 0 Å². The zero-order valence-electron chi connectivity index (χ0n) is 21.9. The van der Waals surface area contributed by atoms with E-state index in [1.807, 2.05) is 24.3 Å². The fraction of sp³-hybridized carbons (Fsp3) is 0.538. The molecule has 2 aliphatic heterocycles. The fourth-order valence-corrected chi connectivity index (χ4v) is 4.80. The predicted octanol–water partition coefficient (Wildman–Crippen LogP) is -0.416. The first-order valence-corrected chi connectivity index (χ1v) is 13.1. The van der Waals surface area contributed by atoms with Gasteiger partial charge in [0.15, 0.2) is 0 Å². The first-order valence-electron chi connectivity index (χ1n) is 13.1. The Kier molecular flexibility index (Phi) is 8.77. The van der Waals surface area contributed by atoms with E-state index in [-0.39, 0.29) is 17.8 Å². The SMILES string of the molecule is C[C@](N)(CO)C(=O)N1CCN(C(=O)Nc2ccn(-c3ccc(CCN4CCC[C@@H](N)C4)cc3)c(=O)n2)CC1. The number of nitrogens with one attached hydrogen (secondary N) is 1. The van der Waals surface area contributed by atoms with Crippen LogP contribution in [-0.4, -0.2) is 105 Å². The van der Waals surface area contributed by atoms with E-state index in [0.717, 1.165) is 38.9 Å². The number of carbonyl (C=O) groups is 2. The summed E-state index contributed by atoms with van der Waals surface area (Å²) in [6, 6.07) is 9.25. The Labute approximate surface area is 222 Å². The van der Waals surface area contributed by atoms with Crippen molar-refractivity contribution in [3.63, 3.8) is 0 Å². The molecule has 1 aromatic carbocycles. The van der Waals surface area contributed by atoms with Crippen molar-refractivity contribution >= 4 is 17.8 Å². The molecule has 0 aliphatic carbocycles. The molecule has 2 aromatic rings. The third kappa shape index (κ3) is 6.76. The van der Waals surface area contributed by atoms with Crippen LogP contribution in [0.1, 0.15) is 25.3 Å². The molecule has 3 heterocycles. The van der Waals surface area contributed by atoms with Crippen LogP contribution in [0, 0.1) is 0 Å². The van der Waals surface area contributed by atoms with Gasteiger partial charge in [0, 0.05) is 51.5 Å². The van der Waals surface area contributed by atoms with Crippen molar-refractivity contribution in [2.75, 3.05) is 57.7 Å². The molecular formula is C26H38N8O4. The van der Waals surface area contributed by atoms with E-state index in [1.54, 1.807) is 17.2 Å². The summed E-state index contributed by atoms with van der Waals surface area (Å²) in [6.45, 7) is 5.21. The molecule has 206 valence electrons. The largest absolute Gasteiger partial charge is 0.394 e. The van der Waals surface area contributed by atoms with Crippen LogP contribution in [0.5, 0.6) is 0 Å². The molecule has 2 atom stereocenters. The van der Waals surface area contributed by atoms with Gasteiger partial charge in [0.25, 0.3) is 0 Å². The summed E-state index contributed by atoms with van der Waals surface area (Å²) in [5, 5.41) is 12.0. The summed E-state index contributed by atoms with van der Waals surface area (Å²) >= 11 is 0. The smallest absolute Gasteiger partial charge is 0.354 e. The highest BCUT2D eigenvalue weighted by molar-refractivity contribution is 5.89. The molecule has 2 saturated heterocycles. The maximum absolute atomic E-state index is 12.7. The van der Waals surface area contributed by atoms with Crippen molar-refractivity contribution in [2.45, 2.75) is 37.8 Å². The second-order valence-corrected chi connectivity index (χ2v) is 10.4. The first-order chi connectivity index (χ1) is 18.2. The number of nitrogens with two attached hydrogens (primary N) is 2. The number of carbonyl (C=O) groups excluding carboxylic acids is 2. The number of piperidine rings is 1. The zero-order valence-corrected chi connectivity index (χ0v) is 21.9. The Morgan fingerprint density at radius 3 is 2.42 bits per heavy atom. The van der Waals surface area contributed by atoms with Gasteiger partial charge in [-0.1, -0.05) is 12.1 Å². The number of hydrogen-bond acceptors (Lipinski definition) is 8. The Morgan fingerprint density at radius 2 is 1.79 bits per heavy atom. The van der Waals surface area contributed by atoms with Crippen molar-refractivity contribution in [1.82, 2.24) is 24.3 Å². The van der Waals surface area contributed by atoms with Gasteiger partial charge >= 0.3 is 11.7 Å². The molecule has 1 aromatic heterocycles. The summed E-state index contributed by atoms with van der Waals surface area (Å²) < 4.78 is 1.43. The molecule has 38 heavy (non-hydrogen) atoms. The van der Waals surface area contributed by atoms with Crippen LogP contribution in [0.3, 0.4) is 0 Å². The van der Waals surface area contributed by atoms with Crippen LogP contribution < -0.4 is 22.5 Å². The normalized spacial score (nSPS) is 20.2. The highest BCUT2D eigenvalue weighted by atomic mass is 16.3. The molecule has 3 amide bonds. The number of aliphatic hydroxyl groups is 1. The van der Waals surface area contributed by atoms with Crippen LogP contribution in [0.25, 0.3) is 5.69 Å². The van der Waals surface area contributed by atoms with Crippen molar-refractivity contribution in [3.05, 3.63) is 52.6 Å². The fourth-order valence-electron chi connectivity index (χ4n) is 4.80. The minimum Gasteiger partial charge on any atom is -0.394 e. The number of hydrogen-bond donors (Lipinski definition) is 4. The molecule has 0 saturated carbocycles. The lowest BCUT2D eigenvalue weighted by Crippen LogP contribution is -2.60. The van der Waals surface area contributed by atoms with Crippen LogP contribution in [0.4, 0.5) is 10.6 Å². The van der Waals surface area contributed by atoms with Crippen molar-refractivity contribution in [2.24, 2.45) is 11.5 Å². The van der Waals surface area contributed by atoms with Gasteiger partial charge in [0.1, 0.15) is 11.4 Å². The van der Waals surface area contributed by atoms with E-state index in [1.165, 1.54) is 22.0 Å². The van der Waals surface area contributed by atoms with Crippen molar-refractivity contribution in [3.8, 4) is 5.69 Å². The molecule has 6 N–H and O–H groups in total. The maximum Gasteiger partial charge on any atom is 0.354 e. The second-order valence-electron chi connectivity index (χ2n) is 10.4. The standard InChI is InChI=1S/C26H38N8O4/c1-26(28,18-35)23(36)32-13-15-33(16-14-32)24(37)29-22-9-12-34(25(38)30-22)21-6-4-19(5-7-21)8-11-31-10-2-3-20(27)17-31/h4-7,9,12,20,35H,2-3,8,10-11,13-18,27-28H2,1H3,(H,29,30,37,38)/t20-,26+/m1/s1. The zero-order chi connectivity index (χ0) is 27.3. The Hall–Kier alpha value is -3.32. The first kappa shape index (κ1) is 27.7. The average molecular weight is 527 g/mol. The monoisotopic (exact) mass is 526 g/mol. The number of aromatic nitrogens is 2. The van der Waals surface area contributed by atoms with E-state index in [2.05, 4.69) is 15.2 Å². The molecule has 0 radical (unpaired) electrons. The highest BCUT2D eigenvalue weighted by Crippen LogP contribution is 2.14. The average Bonchev–Trinajstić information content (AvgIpc) is 2.92. The van der Waals surface area contributed by atoms with Gasteiger partial charge in [0.2, 0.25) is 5.91 Å². The number of piperazine rings is 1. The van der Waals surface area contributed by atoms with Gasteiger partial charge in [-0.3, -0.25) is 14.7 Å². The molecule has 0 spiro atoms. The number of nitrogens with zero attached hydrogens (tertiary/aromatic N) is 5. The van der Waals surface area contributed by atoms with E-state index in [4.69, 9.17) is 11.5 Å². The van der Waals surface area contributed by atoms with Gasteiger partial charge in [-0.15, -0.1) is 0 Å². The minimum atomic E-state index is -1.35. The minimum absolute atomic E-state index is 0.154. The van der Waals surface area contributed by atoms with Crippen LogP contribution >= 0.6 is 0 Å². The summed E-state index contributed by atoms with van der Waals surface area (Å²) in [5.41, 5.74) is 11.9. The Bertz CT molecular complexity index is 1170. The van der Waals surface area contributed by atoms with Crippen LogP contribution in [0.15, 0.2) is 41.3 Å². The van der Waals surface area contributed by atoms with E-state index in [0.29, 0.717) is 31.9 Å². The molecule has 0 bridgehead atoms. The molecular weight excluding hydrogens is 488 g/mol. The third-order valence-electron chi connectivity index (χ3n) is 7.18. The van der Waals surface area contributed by atoms with Gasteiger partial charge in [-0.25, -0.2) is 9.59 Å². The summed E-state index contributed by atoms with van der Waals surface area (Å²) in [7, 11) is 0. The van der Waals surface area contributed by atoms with E-state index < -0.39 is 23.9 Å². The Morgan fingerprint density at radius 1 is 1.11 bits per heavy atom. The topological polar surface area (TPSA) is 163 Å². The lowest BCUT2D eigenvalue weighted by molar-refractivity contribution is -0.139. The van der Waals surface area contributed by atoms with Crippen molar-refractivity contribution < 1.29 is 14.7 Å². The number of amides is 3. The lowest BCUT2D eigenvalue weighted by Gasteiger charge is -2.37. The molecule has 0 unspecified atom stereocenters. The second kappa shape index (κ2) is 12.0. The molecule has 12 nitrogen and oxygen atoms in total.